The van der Waals surface area contributed by atoms with Crippen molar-refractivity contribution in [1.82, 2.24) is 4.98 Å². The minimum atomic E-state index is -0.785. The maximum Gasteiger partial charge on any atom is 0.359 e. The van der Waals surface area contributed by atoms with E-state index in [-0.39, 0.29) is 28.3 Å². The Kier molecular flexibility index (Phi) is 5.39. The van der Waals surface area contributed by atoms with Crippen molar-refractivity contribution < 1.29 is 14.3 Å². The van der Waals surface area contributed by atoms with Crippen molar-refractivity contribution in [2.45, 2.75) is 20.8 Å². The van der Waals surface area contributed by atoms with Crippen molar-refractivity contribution in [2.24, 2.45) is 0 Å². The van der Waals surface area contributed by atoms with Gasteiger partial charge in [0.05, 0.1) is 5.02 Å². The molecular formula is C17H15Cl2NO3. The van der Waals surface area contributed by atoms with Gasteiger partial charge in [0.15, 0.2) is 12.3 Å². The van der Waals surface area contributed by atoms with Gasteiger partial charge in [-0.15, -0.1) is 0 Å². The van der Waals surface area contributed by atoms with Gasteiger partial charge < -0.3 is 4.74 Å². The Balaban J connectivity index is 2.11. The number of hydrogen-bond donors (Lipinski definition) is 0. The van der Waals surface area contributed by atoms with Gasteiger partial charge in [-0.2, -0.15) is 0 Å². The van der Waals surface area contributed by atoms with Crippen LogP contribution in [0.4, 0.5) is 0 Å². The summed E-state index contributed by atoms with van der Waals surface area (Å²) in [5.74, 6) is -1.07. The average Bonchev–Trinajstić information content (AvgIpc) is 2.50. The minimum absolute atomic E-state index is 0.108. The Morgan fingerprint density at radius 3 is 2.39 bits per heavy atom. The summed E-state index contributed by atoms with van der Waals surface area (Å²) in [7, 11) is 0. The predicted octanol–water partition coefficient (Wildman–Crippen LogP) is 4.35. The number of ether oxygens (including phenoxy) is 1. The van der Waals surface area contributed by atoms with E-state index < -0.39 is 5.97 Å². The van der Waals surface area contributed by atoms with Gasteiger partial charge in [0.2, 0.25) is 5.78 Å². The van der Waals surface area contributed by atoms with E-state index in [1.807, 2.05) is 26.8 Å². The fourth-order valence-corrected chi connectivity index (χ4v) is 2.43. The molecule has 0 fully saturated rings. The number of Topliss-reactive ketones (excluding diaryl/α,β-unsaturated/α-hetero) is 1. The maximum absolute atomic E-state index is 12.3. The largest absolute Gasteiger partial charge is 0.453 e. The van der Waals surface area contributed by atoms with Crippen molar-refractivity contribution in [3.05, 3.63) is 62.4 Å². The number of aryl methyl sites for hydroxylation is 3. The smallest absolute Gasteiger partial charge is 0.359 e. The van der Waals surface area contributed by atoms with Crippen LogP contribution in [0.3, 0.4) is 0 Å². The van der Waals surface area contributed by atoms with Gasteiger partial charge in [0.25, 0.3) is 0 Å². The summed E-state index contributed by atoms with van der Waals surface area (Å²) in [6, 6.07) is 6.64. The second kappa shape index (κ2) is 7.11. The Hall–Kier alpha value is -1.91. The zero-order valence-electron chi connectivity index (χ0n) is 12.9. The van der Waals surface area contributed by atoms with Crippen LogP contribution in [0.5, 0.6) is 0 Å². The molecule has 0 N–H and O–H groups in total. The summed E-state index contributed by atoms with van der Waals surface area (Å²) in [6.07, 6.45) is 0. The van der Waals surface area contributed by atoms with Crippen LogP contribution < -0.4 is 0 Å². The summed E-state index contributed by atoms with van der Waals surface area (Å²) in [6.45, 7) is 5.36. The molecule has 2 aromatic rings. The molecule has 1 aromatic carbocycles. The van der Waals surface area contributed by atoms with E-state index in [0.717, 1.165) is 16.7 Å². The van der Waals surface area contributed by atoms with Gasteiger partial charge in [0.1, 0.15) is 5.15 Å². The van der Waals surface area contributed by atoms with Crippen molar-refractivity contribution >= 4 is 35.0 Å². The summed E-state index contributed by atoms with van der Waals surface area (Å²) < 4.78 is 5.01. The second-order valence-corrected chi connectivity index (χ2v) is 6.01. The number of halogens is 2. The molecular weight excluding hydrogens is 337 g/mol. The normalized spacial score (nSPS) is 10.5. The number of pyridine rings is 1. The molecule has 0 saturated carbocycles. The second-order valence-electron chi connectivity index (χ2n) is 5.22. The summed E-state index contributed by atoms with van der Waals surface area (Å²) in [4.78, 5) is 28.1. The molecule has 1 aromatic heterocycles. The highest BCUT2D eigenvalue weighted by Gasteiger charge is 2.18. The minimum Gasteiger partial charge on any atom is -0.453 e. The number of rotatable bonds is 4. The molecule has 0 aliphatic rings. The Morgan fingerprint density at radius 2 is 1.70 bits per heavy atom. The number of nitrogens with zero attached hydrogens (tertiary/aromatic N) is 1. The molecule has 4 nitrogen and oxygen atoms in total. The van der Waals surface area contributed by atoms with Crippen LogP contribution in [0.2, 0.25) is 10.2 Å². The molecule has 0 bridgehead atoms. The first-order valence-corrected chi connectivity index (χ1v) is 7.65. The topological polar surface area (TPSA) is 56.3 Å². The Bertz CT molecular complexity index is 788. The van der Waals surface area contributed by atoms with Crippen LogP contribution in [0, 0.1) is 20.8 Å². The first-order chi connectivity index (χ1) is 10.8. The summed E-state index contributed by atoms with van der Waals surface area (Å²) in [5, 5.41) is 0.242. The molecule has 0 atom stereocenters. The lowest BCUT2D eigenvalue weighted by molar-refractivity contribution is 0.0469. The molecule has 2 rings (SSSR count). The molecule has 0 saturated heterocycles. The highest BCUT2D eigenvalue weighted by atomic mass is 35.5. The van der Waals surface area contributed by atoms with Gasteiger partial charge in [-0.3, -0.25) is 4.79 Å². The van der Waals surface area contributed by atoms with E-state index in [1.54, 1.807) is 6.07 Å². The average molecular weight is 352 g/mol. The van der Waals surface area contributed by atoms with Crippen LogP contribution >= 0.6 is 23.2 Å². The molecule has 0 aliphatic heterocycles. The van der Waals surface area contributed by atoms with E-state index in [9.17, 15) is 9.59 Å². The summed E-state index contributed by atoms with van der Waals surface area (Å²) in [5.41, 5.74) is 3.37. The number of aromatic nitrogens is 1. The van der Waals surface area contributed by atoms with E-state index in [0.29, 0.717) is 5.56 Å². The third-order valence-corrected chi connectivity index (χ3v) is 4.00. The molecule has 0 spiro atoms. The Labute approximate surface area is 144 Å². The number of benzene rings is 1. The van der Waals surface area contributed by atoms with E-state index in [4.69, 9.17) is 27.9 Å². The number of esters is 1. The van der Waals surface area contributed by atoms with Gasteiger partial charge in [-0.1, -0.05) is 29.3 Å². The van der Waals surface area contributed by atoms with Crippen molar-refractivity contribution in [3.63, 3.8) is 0 Å². The highest BCUT2D eigenvalue weighted by Crippen LogP contribution is 2.19. The molecule has 120 valence electrons. The molecule has 6 heteroatoms. The number of hydrogen-bond acceptors (Lipinski definition) is 4. The lowest BCUT2D eigenvalue weighted by atomic mass is 9.98. The highest BCUT2D eigenvalue weighted by molar-refractivity contribution is 6.34. The van der Waals surface area contributed by atoms with E-state index >= 15 is 0 Å². The quantitative estimate of drug-likeness (QED) is 0.466. The molecule has 0 amide bonds. The van der Waals surface area contributed by atoms with Crippen molar-refractivity contribution in [3.8, 4) is 0 Å². The van der Waals surface area contributed by atoms with Crippen molar-refractivity contribution in [2.75, 3.05) is 6.61 Å². The van der Waals surface area contributed by atoms with E-state index in [2.05, 4.69) is 4.98 Å². The zero-order chi connectivity index (χ0) is 17.1. The van der Waals surface area contributed by atoms with Crippen LogP contribution in [0.25, 0.3) is 0 Å². The van der Waals surface area contributed by atoms with Gasteiger partial charge >= 0.3 is 5.97 Å². The van der Waals surface area contributed by atoms with Gasteiger partial charge in [0, 0.05) is 5.56 Å². The zero-order valence-corrected chi connectivity index (χ0v) is 14.5. The number of ketones is 1. The van der Waals surface area contributed by atoms with Crippen LogP contribution in [0.1, 0.15) is 37.5 Å². The number of carbonyl (C=O) groups is 2. The fraction of sp³-hybridized carbons (Fsp3) is 0.235. The Morgan fingerprint density at radius 1 is 1.04 bits per heavy atom. The van der Waals surface area contributed by atoms with Crippen molar-refractivity contribution in [1.29, 1.82) is 0 Å². The standard InChI is InChI=1S/C17H15Cl2NO3/c1-9-6-11(3)12(7-10(9)2)14(21)8-23-17(22)16-13(18)4-5-15(19)20-16/h4-7H,8H2,1-3H3. The molecule has 0 unspecified atom stereocenters. The molecule has 0 aliphatic carbocycles. The first kappa shape index (κ1) is 17.4. The predicted molar refractivity (Wildman–Crippen MR) is 89.5 cm³/mol. The van der Waals surface area contributed by atoms with E-state index in [1.165, 1.54) is 12.1 Å². The number of carbonyl (C=O) groups excluding carboxylic acids is 2. The molecule has 1 heterocycles. The third-order valence-electron chi connectivity index (χ3n) is 3.48. The van der Waals surface area contributed by atoms with Gasteiger partial charge in [-0.05, 0) is 55.7 Å². The molecule has 0 radical (unpaired) electrons. The maximum atomic E-state index is 12.3. The fourth-order valence-electron chi connectivity index (χ4n) is 2.10. The lowest BCUT2D eigenvalue weighted by Crippen LogP contribution is -2.16. The third kappa shape index (κ3) is 4.09. The van der Waals surface area contributed by atoms with Gasteiger partial charge in [-0.25, -0.2) is 9.78 Å². The monoisotopic (exact) mass is 351 g/mol. The lowest BCUT2D eigenvalue weighted by Gasteiger charge is -2.10. The summed E-state index contributed by atoms with van der Waals surface area (Å²) >= 11 is 11.6. The first-order valence-electron chi connectivity index (χ1n) is 6.90. The SMILES string of the molecule is Cc1cc(C)c(C(=O)COC(=O)c2nc(Cl)ccc2Cl)cc1C. The van der Waals surface area contributed by atoms with Crippen LogP contribution in [-0.4, -0.2) is 23.3 Å². The van der Waals surface area contributed by atoms with Crippen LogP contribution in [0.15, 0.2) is 24.3 Å². The molecule has 23 heavy (non-hydrogen) atoms. The van der Waals surface area contributed by atoms with Crippen LogP contribution in [-0.2, 0) is 4.74 Å².